The molecule has 16 heavy (non-hydrogen) atoms. The standard InChI is InChI=1S/C12H11NO3/c14-6-8-5-7-1-3-10-9(12(7)16-8)2-4-11(15)13-10/h1-4,8,14H,5-6H2,(H,13,15). The van der Waals surface area contributed by atoms with Gasteiger partial charge < -0.3 is 14.8 Å². The smallest absolute Gasteiger partial charge is 0.248 e. The number of hydrogen-bond donors (Lipinski definition) is 2. The van der Waals surface area contributed by atoms with E-state index < -0.39 is 0 Å². The topological polar surface area (TPSA) is 62.3 Å². The van der Waals surface area contributed by atoms with E-state index in [0.29, 0.717) is 0 Å². The van der Waals surface area contributed by atoms with Crippen LogP contribution in [0, 0.1) is 0 Å². The highest BCUT2D eigenvalue weighted by molar-refractivity contribution is 5.86. The van der Waals surface area contributed by atoms with Crippen molar-refractivity contribution in [3.63, 3.8) is 0 Å². The van der Waals surface area contributed by atoms with Crippen molar-refractivity contribution < 1.29 is 9.84 Å². The molecule has 0 fully saturated rings. The maximum Gasteiger partial charge on any atom is 0.248 e. The van der Waals surface area contributed by atoms with Gasteiger partial charge in [0, 0.05) is 17.9 Å². The summed E-state index contributed by atoms with van der Waals surface area (Å²) in [7, 11) is 0. The Bertz CT molecular complexity index is 603. The Labute approximate surface area is 91.5 Å². The molecule has 0 radical (unpaired) electrons. The van der Waals surface area contributed by atoms with E-state index in [1.165, 1.54) is 6.07 Å². The Morgan fingerprint density at radius 1 is 1.38 bits per heavy atom. The molecule has 82 valence electrons. The molecule has 2 heterocycles. The van der Waals surface area contributed by atoms with Gasteiger partial charge in [-0.25, -0.2) is 0 Å². The second-order valence-electron chi connectivity index (χ2n) is 3.96. The summed E-state index contributed by atoms with van der Waals surface area (Å²) in [6.07, 6.45) is 0.563. The molecule has 2 aromatic rings. The zero-order valence-corrected chi connectivity index (χ0v) is 8.56. The normalized spacial score (nSPS) is 18.4. The number of aliphatic hydroxyl groups is 1. The fourth-order valence-electron chi connectivity index (χ4n) is 2.11. The van der Waals surface area contributed by atoms with E-state index in [-0.39, 0.29) is 18.3 Å². The van der Waals surface area contributed by atoms with Crippen LogP contribution >= 0.6 is 0 Å². The van der Waals surface area contributed by atoms with E-state index in [0.717, 1.165) is 28.6 Å². The van der Waals surface area contributed by atoms with Crippen molar-refractivity contribution in [1.29, 1.82) is 0 Å². The van der Waals surface area contributed by atoms with Gasteiger partial charge in [0.25, 0.3) is 0 Å². The minimum Gasteiger partial charge on any atom is -0.487 e. The van der Waals surface area contributed by atoms with Crippen LogP contribution in [0.2, 0.25) is 0 Å². The summed E-state index contributed by atoms with van der Waals surface area (Å²) in [6.45, 7) is 0.0134. The van der Waals surface area contributed by atoms with Crippen molar-refractivity contribution in [2.75, 3.05) is 6.61 Å². The number of aliphatic hydroxyl groups excluding tert-OH is 1. The van der Waals surface area contributed by atoms with Crippen LogP contribution in [0.5, 0.6) is 5.75 Å². The number of fused-ring (bicyclic) bond motifs is 3. The Hall–Kier alpha value is -1.81. The SMILES string of the molecule is O=c1ccc2c3c(ccc2[nH]1)CC(CO)O3. The van der Waals surface area contributed by atoms with E-state index in [9.17, 15) is 4.79 Å². The Morgan fingerprint density at radius 3 is 3.06 bits per heavy atom. The molecule has 1 aliphatic rings. The van der Waals surface area contributed by atoms with Gasteiger partial charge in [0.1, 0.15) is 11.9 Å². The van der Waals surface area contributed by atoms with Gasteiger partial charge in [-0.15, -0.1) is 0 Å². The molecule has 2 N–H and O–H groups in total. The van der Waals surface area contributed by atoms with E-state index in [1.54, 1.807) is 6.07 Å². The second kappa shape index (κ2) is 3.35. The van der Waals surface area contributed by atoms with Crippen molar-refractivity contribution in [3.05, 3.63) is 40.2 Å². The monoisotopic (exact) mass is 217 g/mol. The highest BCUT2D eigenvalue weighted by atomic mass is 16.5. The summed E-state index contributed by atoms with van der Waals surface area (Å²) in [5.74, 6) is 0.785. The van der Waals surface area contributed by atoms with Gasteiger partial charge >= 0.3 is 0 Å². The number of rotatable bonds is 1. The summed E-state index contributed by atoms with van der Waals surface area (Å²) >= 11 is 0. The van der Waals surface area contributed by atoms with Gasteiger partial charge in [-0.2, -0.15) is 0 Å². The van der Waals surface area contributed by atoms with Crippen LogP contribution in [0.25, 0.3) is 10.9 Å². The van der Waals surface area contributed by atoms with Gasteiger partial charge in [-0.3, -0.25) is 4.79 Å². The predicted octanol–water partition coefficient (Wildman–Crippen LogP) is 0.824. The van der Waals surface area contributed by atoms with E-state index in [2.05, 4.69) is 4.98 Å². The van der Waals surface area contributed by atoms with Gasteiger partial charge in [0.15, 0.2) is 0 Å². The van der Waals surface area contributed by atoms with Crippen molar-refractivity contribution in [2.24, 2.45) is 0 Å². The molecule has 0 spiro atoms. The number of aromatic nitrogens is 1. The Kier molecular flexibility index (Phi) is 1.97. The number of benzene rings is 1. The lowest BCUT2D eigenvalue weighted by atomic mass is 10.1. The van der Waals surface area contributed by atoms with E-state index in [4.69, 9.17) is 9.84 Å². The lowest BCUT2D eigenvalue weighted by molar-refractivity contribution is 0.136. The van der Waals surface area contributed by atoms with Crippen LogP contribution in [0.1, 0.15) is 5.56 Å². The van der Waals surface area contributed by atoms with Gasteiger partial charge in [-0.05, 0) is 17.7 Å². The van der Waals surface area contributed by atoms with E-state index >= 15 is 0 Å². The number of hydrogen-bond acceptors (Lipinski definition) is 3. The highest BCUT2D eigenvalue weighted by Crippen LogP contribution is 2.34. The number of ether oxygens (including phenoxy) is 1. The number of aromatic amines is 1. The molecule has 0 aliphatic carbocycles. The average Bonchev–Trinajstić information content (AvgIpc) is 2.71. The molecule has 4 nitrogen and oxygen atoms in total. The zero-order valence-electron chi connectivity index (χ0n) is 8.56. The van der Waals surface area contributed by atoms with Gasteiger partial charge in [-0.1, -0.05) is 6.07 Å². The molecule has 0 amide bonds. The molecule has 1 aliphatic heterocycles. The van der Waals surface area contributed by atoms with Crippen molar-refractivity contribution in [1.82, 2.24) is 4.98 Å². The number of H-pyrrole nitrogens is 1. The molecular formula is C12H11NO3. The van der Waals surface area contributed by atoms with Crippen LogP contribution in [0.4, 0.5) is 0 Å². The molecule has 1 aromatic carbocycles. The Balaban J connectivity index is 2.23. The highest BCUT2D eigenvalue weighted by Gasteiger charge is 2.23. The lowest BCUT2D eigenvalue weighted by Crippen LogP contribution is -2.17. The third-order valence-electron chi connectivity index (χ3n) is 2.87. The minimum atomic E-state index is -0.160. The fraction of sp³-hybridized carbons (Fsp3) is 0.250. The first-order chi connectivity index (χ1) is 7.78. The predicted molar refractivity (Wildman–Crippen MR) is 59.8 cm³/mol. The summed E-state index contributed by atoms with van der Waals surface area (Å²) in [5.41, 5.74) is 1.73. The van der Waals surface area contributed by atoms with Gasteiger partial charge in [0.05, 0.1) is 12.1 Å². The lowest BCUT2D eigenvalue weighted by Gasteiger charge is -2.07. The number of nitrogens with one attached hydrogen (secondary N) is 1. The number of pyridine rings is 1. The molecule has 3 rings (SSSR count). The summed E-state index contributed by atoms with van der Waals surface area (Å²) < 4.78 is 5.64. The van der Waals surface area contributed by atoms with Crippen LogP contribution in [0.3, 0.4) is 0 Å². The first-order valence-electron chi connectivity index (χ1n) is 5.20. The summed E-state index contributed by atoms with van der Waals surface area (Å²) in [4.78, 5) is 13.9. The minimum absolute atomic E-state index is 0.0134. The molecule has 1 aromatic heterocycles. The summed E-state index contributed by atoms with van der Waals surface area (Å²) in [5, 5.41) is 9.97. The molecular weight excluding hydrogens is 206 g/mol. The maximum absolute atomic E-state index is 11.2. The van der Waals surface area contributed by atoms with E-state index in [1.807, 2.05) is 12.1 Å². The van der Waals surface area contributed by atoms with Crippen LogP contribution in [-0.2, 0) is 6.42 Å². The van der Waals surface area contributed by atoms with Crippen LogP contribution in [-0.4, -0.2) is 22.8 Å². The van der Waals surface area contributed by atoms with Crippen LogP contribution in [0.15, 0.2) is 29.1 Å². The first-order valence-corrected chi connectivity index (χ1v) is 5.20. The van der Waals surface area contributed by atoms with Gasteiger partial charge in [0.2, 0.25) is 5.56 Å². The molecule has 1 unspecified atom stereocenters. The van der Waals surface area contributed by atoms with Crippen molar-refractivity contribution in [2.45, 2.75) is 12.5 Å². The van der Waals surface area contributed by atoms with Crippen LogP contribution < -0.4 is 10.3 Å². The maximum atomic E-state index is 11.2. The molecule has 0 bridgehead atoms. The fourth-order valence-corrected chi connectivity index (χ4v) is 2.11. The second-order valence-corrected chi connectivity index (χ2v) is 3.96. The van der Waals surface area contributed by atoms with Crippen molar-refractivity contribution >= 4 is 10.9 Å². The summed E-state index contributed by atoms with van der Waals surface area (Å²) in [6, 6.07) is 7.05. The quantitative estimate of drug-likeness (QED) is 0.743. The zero-order chi connectivity index (χ0) is 11.1. The molecule has 1 atom stereocenters. The average molecular weight is 217 g/mol. The largest absolute Gasteiger partial charge is 0.487 e. The molecule has 0 saturated heterocycles. The van der Waals surface area contributed by atoms with Crippen molar-refractivity contribution in [3.8, 4) is 5.75 Å². The third-order valence-corrected chi connectivity index (χ3v) is 2.87. The molecule has 0 saturated carbocycles. The third kappa shape index (κ3) is 1.31. The molecule has 4 heteroatoms. The first kappa shape index (κ1) is 9.42. The Morgan fingerprint density at radius 2 is 2.25 bits per heavy atom.